The highest BCUT2D eigenvalue weighted by atomic mass is 14.7. The SMILES string of the molecule is CCCCCC(N)c1ccnc(C)c1. The van der Waals surface area contributed by atoms with Crippen LogP contribution in [0.1, 0.15) is 49.9 Å². The number of nitrogens with two attached hydrogens (primary N) is 1. The molecule has 0 aliphatic rings. The summed E-state index contributed by atoms with van der Waals surface area (Å²) in [5.41, 5.74) is 8.34. The van der Waals surface area contributed by atoms with Crippen LogP contribution in [-0.4, -0.2) is 4.98 Å². The van der Waals surface area contributed by atoms with Gasteiger partial charge in [0.1, 0.15) is 0 Å². The van der Waals surface area contributed by atoms with Crippen molar-refractivity contribution in [3.05, 3.63) is 29.6 Å². The molecule has 0 fully saturated rings. The Labute approximate surface area is 86.5 Å². The molecule has 0 aliphatic carbocycles. The van der Waals surface area contributed by atoms with Crippen molar-refractivity contribution in [1.82, 2.24) is 4.98 Å². The van der Waals surface area contributed by atoms with Crippen molar-refractivity contribution in [2.75, 3.05) is 0 Å². The third-order valence-corrected chi connectivity index (χ3v) is 2.47. The van der Waals surface area contributed by atoms with E-state index in [4.69, 9.17) is 5.73 Å². The molecule has 0 bridgehead atoms. The van der Waals surface area contributed by atoms with Crippen LogP contribution < -0.4 is 5.73 Å². The zero-order valence-corrected chi connectivity index (χ0v) is 9.16. The van der Waals surface area contributed by atoms with Gasteiger partial charge in [-0.3, -0.25) is 4.98 Å². The van der Waals surface area contributed by atoms with Crippen molar-refractivity contribution in [2.45, 2.75) is 45.6 Å². The highest BCUT2D eigenvalue weighted by Gasteiger charge is 2.05. The minimum atomic E-state index is 0.184. The molecule has 1 aromatic heterocycles. The van der Waals surface area contributed by atoms with E-state index in [0.29, 0.717) is 0 Å². The lowest BCUT2D eigenvalue weighted by atomic mass is 10.0. The second-order valence-corrected chi connectivity index (χ2v) is 3.83. The van der Waals surface area contributed by atoms with Gasteiger partial charge >= 0.3 is 0 Å². The Kier molecular flexibility index (Phi) is 4.60. The van der Waals surface area contributed by atoms with Gasteiger partial charge in [0.15, 0.2) is 0 Å². The third kappa shape index (κ3) is 3.46. The number of aromatic nitrogens is 1. The number of hydrogen-bond donors (Lipinski definition) is 1. The maximum Gasteiger partial charge on any atom is 0.0375 e. The Morgan fingerprint density at radius 2 is 2.21 bits per heavy atom. The summed E-state index contributed by atoms with van der Waals surface area (Å²) in [6, 6.07) is 4.28. The second kappa shape index (κ2) is 5.76. The number of aryl methyl sites for hydroxylation is 1. The summed E-state index contributed by atoms with van der Waals surface area (Å²) >= 11 is 0. The van der Waals surface area contributed by atoms with E-state index < -0.39 is 0 Å². The molecule has 2 heteroatoms. The number of rotatable bonds is 5. The molecule has 0 saturated carbocycles. The van der Waals surface area contributed by atoms with Gasteiger partial charge in [-0.05, 0) is 31.0 Å². The summed E-state index contributed by atoms with van der Waals surface area (Å²) in [6.07, 6.45) is 6.67. The first kappa shape index (κ1) is 11.2. The second-order valence-electron chi connectivity index (χ2n) is 3.83. The van der Waals surface area contributed by atoms with Gasteiger partial charge in [0.2, 0.25) is 0 Å². The average molecular weight is 192 g/mol. The van der Waals surface area contributed by atoms with Crippen LogP contribution in [0.2, 0.25) is 0 Å². The molecule has 1 rings (SSSR count). The van der Waals surface area contributed by atoms with E-state index in [0.717, 1.165) is 12.1 Å². The van der Waals surface area contributed by atoms with E-state index in [1.807, 2.05) is 19.2 Å². The topological polar surface area (TPSA) is 38.9 Å². The minimum absolute atomic E-state index is 0.184. The van der Waals surface area contributed by atoms with Crippen LogP contribution in [-0.2, 0) is 0 Å². The molecule has 2 nitrogen and oxygen atoms in total. The van der Waals surface area contributed by atoms with E-state index in [2.05, 4.69) is 18.0 Å². The maximum atomic E-state index is 6.08. The molecule has 0 radical (unpaired) electrons. The van der Waals surface area contributed by atoms with E-state index in [9.17, 15) is 0 Å². The zero-order valence-electron chi connectivity index (χ0n) is 9.16. The van der Waals surface area contributed by atoms with Crippen LogP contribution in [0.25, 0.3) is 0 Å². The fraction of sp³-hybridized carbons (Fsp3) is 0.583. The molecule has 1 atom stereocenters. The van der Waals surface area contributed by atoms with Gasteiger partial charge in [0.25, 0.3) is 0 Å². The lowest BCUT2D eigenvalue weighted by Crippen LogP contribution is -2.10. The number of nitrogens with zero attached hydrogens (tertiary/aromatic N) is 1. The largest absolute Gasteiger partial charge is 0.324 e. The van der Waals surface area contributed by atoms with Crippen LogP contribution in [0, 0.1) is 6.92 Å². The van der Waals surface area contributed by atoms with Crippen molar-refractivity contribution < 1.29 is 0 Å². The summed E-state index contributed by atoms with van der Waals surface area (Å²) in [6.45, 7) is 4.21. The van der Waals surface area contributed by atoms with Crippen molar-refractivity contribution in [3.8, 4) is 0 Å². The lowest BCUT2D eigenvalue weighted by molar-refractivity contribution is 0.580. The molecular weight excluding hydrogens is 172 g/mol. The number of unbranched alkanes of at least 4 members (excludes halogenated alkanes) is 2. The van der Waals surface area contributed by atoms with Crippen molar-refractivity contribution in [1.29, 1.82) is 0 Å². The van der Waals surface area contributed by atoms with Gasteiger partial charge in [0.05, 0.1) is 0 Å². The Bertz CT molecular complexity index is 271. The fourth-order valence-corrected chi connectivity index (χ4v) is 1.58. The normalized spacial score (nSPS) is 12.8. The summed E-state index contributed by atoms with van der Waals surface area (Å²) < 4.78 is 0. The van der Waals surface area contributed by atoms with E-state index in [-0.39, 0.29) is 6.04 Å². The number of pyridine rings is 1. The summed E-state index contributed by atoms with van der Waals surface area (Å²) in [5, 5.41) is 0. The van der Waals surface area contributed by atoms with Crippen LogP contribution in [0.4, 0.5) is 0 Å². The van der Waals surface area contributed by atoms with E-state index in [1.165, 1.54) is 24.8 Å². The smallest absolute Gasteiger partial charge is 0.0375 e. The highest BCUT2D eigenvalue weighted by molar-refractivity contribution is 5.18. The molecule has 1 heterocycles. The predicted molar refractivity (Wildman–Crippen MR) is 60.0 cm³/mol. The lowest BCUT2D eigenvalue weighted by Gasteiger charge is -2.11. The highest BCUT2D eigenvalue weighted by Crippen LogP contribution is 2.17. The monoisotopic (exact) mass is 192 g/mol. The van der Waals surface area contributed by atoms with Crippen LogP contribution in [0.15, 0.2) is 18.3 Å². The summed E-state index contributed by atoms with van der Waals surface area (Å²) in [4.78, 5) is 4.16. The molecule has 0 aliphatic heterocycles. The van der Waals surface area contributed by atoms with Gasteiger partial charge in [-0.15, -0.1) is 0 Å². The molecule has 14 heavy (non-hydrogen) atoms. The quantitative estimate of drug-likeness (QED) is 0.728. The Hall–Kier alpha value is -0.890. The Balaban J connectivity index is 2.47. The third-order valence-electron chi connectivity index (χ3n) is 2.47. The van der Waals surface area contributed by atoms with Gasteiger partial charge < -0.3 is 5.73 Å². The minimum Gasteiger partial charge on any atom is -0.324 e. The van der Waals surface area contributed by atoms with Crippen LogP contribution >= 0.6 is 0 Å². The Morgan fingerprint density at radius 1 is 1.43 bits per heavy atom. The van der Waals surface area contributed by atoms with Gasteiger partial charge in [-0.1, -0.05) is 26.2 Å². The molecule has 0 aromatic carbocycles. The molecule has 0 spiro atoms. The molecule has 78 valence electrons. The average Bonchev–Trinajstić information content (AvgIpc) is 2.18. The molecule has 0 saturated heterocycles. The number of hydrogen-bond acceptors (Lipinski definition) is 2. The van der Waals surface area contributed by atoms with Gasteiger partial charge in [-0.2, -0.15) is 0 Å². The molecule has 1 unspecified atom stereocenters. The van der Waals surface area contributed by atoms with Crippen molar-refractivity contribution in [3.63, 3.8) is 0 Å². The van der Waals surface area contributed by atoms with E-state index in [1.54, 1.807) is 0 Å². The van der Waals surface area contributed by atoms with E-state index >= 15 is 0 Å². The molecular formula is C12H20N2. The summed E-state index contributed by atoms with van der Waals surface area (Å²) in [7, 11) is 0. The maximum absolute atomic E-state index is 6.08. The fourth-order valence-electron chi connectivity index (χ4n) is 1.58. The molecule has 1 aromatic rings. The predicted octanol–water partition coefficient (Wildman–Crippen LogP) is 2.97. The first-order valence-corrected chi connectivity index (χ1v) is 5.42. The molecule has 0 amide bonds. The Morgan fingerprint density at radius 3 is 2.86 bits per heavy atom. The van der Waals surface area contributed by atoms with Crippen molar-refractivity contribution >= 4 is 0 Å². The first-order chi connectivity index (χ1) is 6.74. The molecule has 2 N–H and O–H groups in total. The van der Waals surface area contributed by atoms with Crippen LogP contribution in [0.5, 0.6) is 0 Å². The zero-order chi connectivity index (χ0) is 10.4. The standard InChI is InChI=1S/C12H20N2/c1-3-4-5-6-12(13)11-7-8-14-10(2)9-11/h7-9,12H,3-6,13H2,1-2H3. The van der Waals surface area contributed by atoms with Crippen LogP contribution in [0.3, 0.4) is 0 Å². The van der Waals surface area contributed by atoms with Crippen molar-refractivity contribution in [2.24, 2.45) is 5.73 Å². The van der Waals surface area contributed by atoms with Gasteiger partial charge in [-0.25, -0.2) is 0 Å². The first-order valence-electron chi connectivity index (χ1n) is 5.42. The van der Waals surface area contributed by atoms with Gasteiger partial charge in [0, 0.05) is 17.9 Å². The summed E-state index contributed by atoms with van der Waals surface area (Å²) in [5.74, 6) is 0.